The van der Waals surface area contributed by atoms with E-state index in [1.807, 2.05) is 56.4 Å². The monoisotopic (exact) mass is 635 g/mol. The van der Waals surface area contributed by atoms with Gasteiger partial charge in [-0.2, -0.15) is 0 Å². The van der Waals surface area contributed by atoms with Crippen LogP contribution in [0.15, 0.2) is 108 Å². The third kappa shape index (κ3) is 13.2. The van der Waals surface area contributed by atoms with Gasteiger partial charge >= 0.3 is 41.5 Å². The molecule has 0 radical (unpaired) electrons. The number of aliphatic carboxylic acids is 2. The maximum atomic E-state index is 11.8. The number of rotatable bonds is 15. The Balaban J connectivity index is 0.0000101. The second-order valence-corrected chi connectivity index (χ2v) is 10.8. The fourth-order valence-electron chi connectivity index (χ4n) is 4.55. The molecule has 0 spiro atoms. The second kappa shape index (κ2) is 21.1. The molecule has 2 aliphatic heterocycles. The van der Waals surface area contributed by atoms with Crippen molar-refractivity contribution in [2.24, 2.45) is 11.8 Å². The smallest absolute Gasteiger partial charge is 0.484 e. The summed E-state index contributed by atoms with van der Waals surface area (Å²) in [5.41, 5.74) is 0.743. The quantitative estimate of drug-likeness (QED) is 0.0772. The molecule has 1 saturated heterocycles. The van der Waals surface area contributed by atoms with Gasteiger partial charge in [-0.3, -0.25) is 0 Å². The molecule has 5 N–H and O–H groups in total. The van der Waals surface area contributed by atoms with Crippen molar-refractivity contribution in [2.75, 3.05) is 6.61 Å². The van der Waals surface area contributed by atoms with Gasteiger partial charge in [-0.15, -0.1) is 0 Å². The number of aliphatic hydroxyl groups is 3. The van der Waals surface area contributed by atoms with Crippen molar-refractivity contribution in [3.63, 3.8) is 0 Å². The van der Waals surface area contributed by atoms with Gasteiger partial charge in [0.15, 0.2) is 12.2 Å². The molecule has 7 atom stereocenters. The number of hydrogen-bond donors (Lipinski definition) is 5. The van der Waals surface area contributed by atoms with Crippen LogP contribution in [0.2, 0.25) is 0 Å². The Labute approximate surface area is 287 Å². The third-order valence-electron chi connectivity index (χ3n) is 7.04. The van der Waals surface area contributed by atoms with E-state index in [4.69, 9.17) is 14.5 Å². The van der Waals surface area contributed by atoms with Crippen LogP contribution in [0.25, 0.3) is 0 Å². The summed E-state index contributed by atoms with van der Waals surface area (Å²) in [6, 6.07) is 0. The summed E-state index contributed by atoms with van der Waals surface area (Å²) < 4.78 is 5.57. The summed E-state index contributed by atoms with van der Waals surface area (Å²) in [5, 5.41) is 49.3. The van der Waals surface area contributed by atoms with Gasteiger partial charge < -0.3 is 30.3 Å². The minimum absolute atomic E-state index is 0. The summed E-state index contributed by atoms with van der Waals surface area (Å²) in [7, 11) is 0. The zero-order valence-electron chi connectivity index (χ0n) is 26.5. The Bertz CT molecular complexity index is 1250. The molecule has 0 amide bonds. The molecule has 5 unspecified atom stereocenters. The molecule has 0 aromatic carbocycles. The number of ether oxygens (including phenoxy) is 1. The Hall–Kier alpha value is -2.80. The molecule has 240 valence electrons. The third-order valence-corrected chi connectivity index (χ3v) is 7.04. The average Bonchev–Trinajstić information content (AvgIpc) is 3.04. The molecule has 2 aliphatic rings. The summed E-state index contributed by atoms with van der Waals surface area (Å²) >= 11 is 0. The summed E-state index contributed by atoms with van der Waals surface area (Å²) in [6.45, 7) is 7.57. The number of fused-ring (bicyclic) bond motifs is 2. The van der Waals surface area contributed by atoms with Gasteiger partial charge in [-0.25, -0.2) is 19.4 Å². The molecule has 0 saturated carbocycles. The van der Waals surface area contributed by atoms with Gasteiger partial charge in [0.05, 0.1) is 12.2 Å². The van der Waals surface area contributed by atoms with E-state index in [2.05, 4.69) is 13.8 Å². The van der Waals surface area contributed by atoms with E-state index in [1.54, 1.807) is 30.4 Å². The summed E-state index contributed by atoms with van der Waals surface area (Å²) in [6.07, 6.45) is 19.4. The molecule has 11 heteroatoms. The molecular weight excluding hydrogens is 591 g/mol. The van der Waals surface area contributed by atoms with Gasteiger partial charge in [0, 0.05) is 0 Å². The van der Waals surface area contributed by atoms with Gasteiger partial charge in [0.25, 0.3) is 0 Å². The molecular formula is C34H44NaO10+. The van der Waals surface area contributed by atoms with E-state index < -0.39 is 49.1 Å². The predicted octanol–water partition coefficient (Wildman–Crippen LogP) is 1.51. The summed E-state index contributed by atoms with van der Waals surface area (Å²) in [4.78, 5) is 33.4. The first kappa shape index (κ1) is 40.2. The molecule has 2 rings (SSSR count). The van der Waals surface area contributed by atoms with Crippen LogP contribution in [-0.4, -0.2) is 74.6 Å². The minimum atomic E-state index is -1.51. The molecule has 0 aliphatic carbocycles. The topological polar surface area (TPSA) is 163 Å². The van der Waals surface area contributed by atoms with Crippen LogP contribution < -0.4 is 29.6 Å². The fourth-order valence-corrected chi connectivity index (χ4v) is 4.55. The van der Waals surface area contributed by atoms with Gasteiger partial charge in [0.1, 0.15) is 29.6 Å². The Morgan fingerprint density at radius 2 is 1.47 bits per heavy atom. The van der Waals surface area contributed by atoms with Crippen molar-refractivity contribution in [3.05, 3.63) is 108 Å². The first-order valence-corrected chi connectivity index (χ1v) is 14.6. The van der Waals surface area contributed by atoms with Crippen molar-refractivity contribution in [1.82, 2.24) is 0 Å². The van der Waals surface area contributed by atoms with Crippen LogP contribution >= 0.6 is 0 Å². The summed E-state index contributed by atoms with van der Waals surface area (Å²) in [5.74, 6) is -1.71. The molecule has 2 bridgehead atoms. The first-order chi connectivity index (χ1) is 21.0. The van der Waals surface area contributed by atoms with Crippen LogP contribution in [0.5, 0.6) is 0 Å². The predicted molar refractivity (Wildman–Crippen MR) is 166 cm³/mol. The molecule has 0 aromatic heterocycles. The average molecular weight is 636 g/mol. The Morgan fingerprint density at radius 3 is 2.00 bits per heavy atom. The normalized spacial score (nSPS) is 26.2. The van der Waals surface area contributed by atoms with Gasteiger partial charge in [-0.05, 0) is 37.3 Å². The van der Waals surface area contributed by atoms with E-state index in [0.29, 0.717) is 11.5 Å². The largest absolute Gasteiger partial charge is 1.00 e. The van der Waals surface area contributed by atoms with E-state index >= 15 is 0 Å². The minimum Gasteiger partial charge on any atom is -0.484 e. The van der Waals surface area contributed by atoms with Crippen molar-refractivity contribution in [3.8, 4) is 0 Å². The molecule has 45 heavy (non-hydrogen) atoms. The van der Waals surface area contributed by atoms with E-state index in [-0.39, 0.29) is 46.8 Å². The standard InChI is InChI=1S/C34H44O10.Na/c1-5-22(2)18-24(4)20-25(33(38)39)19-23(3)16-14-12-10-8-6-7-9-11-13-15-17-26-28(34(40)41)31-30(37)32(42-26)29(36)27(21-35)43-44-31;/h6-17,19-20,22,24,27,29-32,35-37H,5,18,21H2,1-4H3,(H,38,39)(H,40,41);/q;+1/b8-6+,9-7+,12-10+,13-11+,16-14+,17-15+,23-19+,25-20-;/t22?,24?,27?,29?,30-,31?,32+;/m1./s1. The number of carbonyl (C=O) groups is 2. The number of carboxylic acids is 2. The number of carboxylic acid groups (broad SMARTS) is 2. The first-order valence-electron chi connectivity index (χ1n) is 14.6. The maximum absolute atomic E-state index is 11.8. The zero-order chi connectivity index (χ0) is 32.6. The number of allylic oxidation sites excluding steroid dienone is 14. The van der Waals surface area contributed by atoms with Crippen LogP contribution in [0.1, 0.15) is 40.5 Å². The number of aliphatic hydroxyl groups excluding tert-OH is 3. The van der Waals surface area contributed by atoms with E-state index in [9.17, 15) is 35.1 Å². The fraction of sp³-hybridized carbons (Fsp3) is 0.412. The zero-order valence-corrected chi connectivity index (χ0v) is 28.5. The van der Waals surface area contributed by atoms with E-state index in [1.165, 1.54) is 12.2 Å². The molecule has 0 aromatic rings. The number of hydrogen-bond acceptors (Lipinski definition) is 8. The Kier molecular flexibility index (Phi) is 18.8. The molecule has 2 heterocycles. The van der Waals surface area contributed by atoms with Crippen molar-refractivity contribution < 1.29 is 79.2 Å². The van der Waals surface area contributed by atoms with Gasteiger partial charge in [0.2, 0.25) is 0 Å². The van der Waals surface area contributed by atoms with E-state index in [0.717, 1.165) is 18.4 Å². The molecule has 1 fully saturated rings. The second-order valence-electron chi connectivity index (χ2n) is 10.8. The van der Waals surface area contributed by atoms with Crippen molar-refractivity contribution in [1.29, 1.82) is 0 Å². The van der Waals surface area contributed by atoms with Crippen molar-refractivity contribution >= 4 is 11.9 Å². The van der Waals surface area contributed by atoms with Crippen LogP contribution in [0.4, 0.5) is 0 Å². The van der Waals surface area contributed by atoms with Crippen LogP contribution in [0.3, 0.4) is 0 Å². The van der Waals surface area contributed by atoms with Crippen LogP contribution in [-0.2, 0) is 24.1 Å². The Morgan fingerprint density at radius 1 is 0.889 bits per heavy atom. The van der Waals surface area contributed by atoms with Gasteiger partial charge in [-0.1, -0.05) is 106 Å². The maximum Gasteiger partial charge on any atom is 1.00 e. The van der Waals surface area contributed by atoms with Crippen molar-refractivity contribution in [2.45, 2.75) is 71.1 Å². The molecule has 10 nitrogen and oxygen atoms in total. The SMILES string of the molecule is CCC(C)CC(C)/C=C(/C=C(C)/C=C/C=C/C=C/C=C/C=C/C=C/C1=C(C(=O)O)C2OOC(CO)C(O)[C@H](O1)[C@@H]2O)C(=O)O.[Na+]. The van der Waals surface area contributed by atoms with Crippen LogP contribution in [0, 0.1) is 11.8 Å².